The normalized spacial score (nSPS) is 10.1. The van der Waals surface area contributed by atoms with E-state index in [1.807, 2.05) is 6.26 Å². The van der Waals surface area contributed by atoms with Gasteiger partial charge in [0, 0.05) is 15.0 Å². The van der Waals surface area contributed by atoms with Gasteiger partial charge in [-0.25, -0.2) is 4.79 Å². The molecule has 1 aromatic rings. The Bertz CT molecular complexity index is 342. The monoisotopic (exact) mass is 248 g/mol. The average molecular weight is 249 g/mol. The van der Waals surface area contributed by atoms with Crippen LogP contribution in [0.15, 0.2) is 23.1 Å². The second-order valence-electron chi connectivity index (χ2n) is 2.50. The number of benzene rings is 1. The number of hydrogen-bond acceptors (Lipinski definition) is 3. The van der Waals surface area contributed by atoms with Crippen molar-refractivity contribution in [3.8, 4) is 0 Å². The summed E-state index contributed by atoms with van der Waals surface area (Å²) in [6.07, 6.45) is 1.98. The smallest absolute Gasteiger partial charge is 0.336 e. The first-order valence-corrected chi connectivity index (χ1v) is 6.55. The largest absolute Gasteiger partial charge is 0.478 e. The zero-order valence-corrected chi connectivity index (χ0v) is 9.88. The molecule has 1 aromatic carbocycles. The molecule has 0 radical (unpaired) electrons. The third-order valence-corrected chi connectivity index (χ3v) is 3.82. The van der Waals surface area contributed by atoms with E-state index in [0.29, 0.717) is 5.02 Å². The second-order valence-corrected chi connectivity index (χ2v) is 5.18. The minimum absolute atomic E-state index is 0.275. The lowest BCUT2D eigenvalue weighted by Gasteiger charge is -2.04. The van der Waals surface area contributed by atoms with Crippen LogP contribution in [0.25, 0.3) is 0 Å². The fourth-order valence-electron chi connectivity index (χ4n) is 0.918. The van der Waals surface area contributed by atoms with E-state index < -0.39 is 5.97 Å². The molecule has 1 rings (SSSR count). The number of carbonyl (C=O) groups is 1. The molecule has 0 fully saturated rings. The summed E-state index contributed by atoms with van der Waals surface area (Å²) in [4.78, 5) is 11.6. The highest BCUT2D eigenvalue weighted by Gasteiger charge is 2.10. The van der Waals surface area contributed by atoms with Gasteiger partial charge in [0.05, 0.1) is 5.56 Å². The Labute approximate surface area is 96.0 Å². The summed E-state index contributed by atoms with van der Waals surface area (Å²) in [6, 6.07) is 4.93. The van der Waals surface area contributed by atoms with E-state index in [-0.39, 0.29) is 5.56 Å². The fraction of sp³-hybridized carbons (Fsp3) is 0.222. The van der Waals surface area contributed by atoms with E-state index in [2.05, 4.69) is 0 Å². The predicted molar refractivity (Wildman–Crippen MR) is 62.7 cm³/mol. The summed E-state index contributed by atoms with van der Waals surface area (Å²) >= 11 is 8.88. The van der Waals surface area contributed by atoms with Gasteiger partial charge in [-0.2, -0.15) is 11.8 Å². The Morgan fingerprint density at radius 3 is 2.86 bits per heavy atom. The molecule has 0 atom stereocenters. The highest BCUT2D eigenvalue weighted by molar-refractivity contribution is 8.15. The minimum atomic E-state index is -0.934. The maximum Gasteiger partial charge on any atom is 0.336 e. The average Bonchev–Trinajstić information content (AvgIpc) is 2.15. The van der Waals surface area contributed by atoms with Gasteiger partial charge in [-0.15, -0.1) is 11.8 Å². The summed E-state index contributed by atoms with van der Waals surface area (Å²) in [7, 11) is 0. The van der Waals surface area contributed by atoms with Crippen molar-refractivity contribution in [3.05, 3.63) is 28.8 Å². The van der Waals surface area contributed by atoms with Crippen LogP contribution < -0.4 is 0 Å². The van der Waals surface area contributed by atoms with E-state index in [4.69, 9.17) is 16.7 Å². The van der Waals surface area contributed by atoms with Crippen LogP contribution in [0.3, 0.4) is 0 Å². The third-order valence-electron chi connectivity index (χ3n) is 1.50. The Morgan fingerprint density at radius 2 is 2.29 bits per heavy atom. The van der Waals surface area contributed by atoms with E-state index >= 15 is 0 Å². The quantitative estimate of drug-likeness (QED) is 0.654. The molecular weight excluding hydrogens is 240 g/mol. The number of thioether (sulfide) groups is 2. The molecule has 0 amide bonds. The van der Waals surface area contributed by atoms with Crippen molar-refractivity contribution in [1.82, 2.24) is 0 Å². The van der Waals surface area contributed by atoms with Gasteiger partial charge in [-0.05, 0) is 24.5 Å². The molecule has 0 saturated heterocycles. The van der Waals surface area contributed by atoms with Gasteiger partial charge in [-0.1, -0.05) is 11.6 Å². The molecule has 1 N–H and O–H groups in total. The van der Waals surface area contributed by atoms with Crippen LogP contribution in [-0.2, 0) is 0 Å². The van der Waals surface area contributed by atoms with Crippen LogP contribution in [0.4, 0.5) is 0 Å². The molecule has 2 nitrogen and oxygen atoms in total. The molecular formula is C9H9ClO2S2. The van der Waals surface area contributed by atoms with Crippen molar-refractivity contribution in [2.45, 2.75) is 4.90 Å². The van der Waals surface area contributed by atoms with Crippen molar-refractivity contribution < 1.29 is 9.90 Å². The number of rotatable bonds is 4. The Morgan fingerprint density at radius 1 is 1.57 bits per heavy atom. The van der Waals surface area contributed by atoms with Crippen molar-refractivity contribution in [1.29, 1.82) is 0 Å². The third kappa shape index (κ3) is 3.12. The predicted octanol–water partition coefficient (Wildman–Crippen LogP) is 3.45. The van der Waals surface area contributed by atoms with Gasteiger partial charge in [-0.3, -0.25) is 0 Å². The SMILES string of the molecule is CSCSc1ccc(Cl)cc1C(=O)O. The fourth-order valence-corrected chi connectivity index (χ4v) is 2.53. The zero-order chi connectivity index (χ0) is 10.6. The maximum atomic E-state index is 10.9. The number of hydrogen-bond donors (Lipinski definition) is 1. The molecule has 0 aliphatic carbocycles. The highest BCUT2D eigenvalue weighted by atomic mass is 35.5. The molecule has 76 valence electrons. The summed E-state index contributed by atoms with van der Waals surface area (Å²) in [5.74, 6) is -0.934. The molecule has 5 heteroatoms. The lowest BCUT2D eigenvalue weighted by molar-refractivity contribution is 0.0693. The van der Waals surface area contributed by atoms with Gasteiger partial charge < -0.3 is 5.11 Å². The summed E-state index contributed by atoms with van der Waals surface area (Å²) in [6.45, 7) is 0. The van der Waals surface area contributed by atoms with Crippen molar-refractivity contribution in [2.24, 2.45) is 0 Å². The first-order valence-electron chi connectivity index (χ1n) is 3.79. The van der Waals surface area contributed by atoms with Crippen LogP contribution in [0.5, 0.6) is 0 Å². The number of carboxylic acid groups (broad SMARTS) is 1. The van der Waals surface area contributed by atoms with Crippen LogP contribution in [0.1, 0.15) is 10.4 Å². The number of carboxylic acids is 1. The second kappa shape index (κ2) is 5.53. The summed E-state index contributed by atoms with van der Waals surface area (Å²) < 4.78 is 0. The minimum Gasteiger partial charge on any atom is -0.478 e. The molecule has 0 bridgehead atoms. The van der Waals surface area contributed by atoms with Gasteiger partial charge in [0.25, 0.3) is 0 Å². The Balaban J connectivity index is 2.96. The van der Waals surface area contributed by atoms with Crippen LogP contribution >= 0.6 is 35.1 Å². The van der Waals surface area contributed by atoms with Gasteiger partial charge in [0.15, 0.2) is 0 Å². The van der Waals surface area contributed by atoms with Gasteiger partial charge in [0.2, 0.25) is 0 Å². The standard InChI is InChI=1S/C9H9ClO2S2/c1-13-5-14-8-3-2-6(10)4-7(8)9(11)12/h2-4H,5H2,1H3,(H,11,12). The van der Waals surface area contributed by atoms with Gasteiger partial charge >= 0.3 is 5.97 Å². The van der Waals surface area contributed by atoms with E-state index in [1.54, 1.807) is 23.9 Å². The van der Waals surface area contributed by atoms with Crippen LogP contribution in [0, 0.1) is 0 Å². The van der Waals surface area contributed by atoms with Crippen LogP contribution in [-0.4, -0.2) is 22.4 Å². The highest BCUT2D eigenvalue weighted by Crippen LogP contribution is 2.27. The summed E-state index contributed by atoms with van der Waals surface area (Å²) in [5.41, 5.74) is 0.275. The maximum absolute atomic E-state index is 10.9. The lowest BCUT2D eigenvalue weighted by atomic mass is 10.2. The van der Waals surface area contributed by atoms with Crippen molar-refractivity contribution in [2.75, 3.05) is 11.3 Å². The molecule has 0 aromatic heterocycles. The molecule has 0 spiro atoms. The van der Waals surface area contributed by atoms with Crippen molar-refractivity contribution in [3.63, 3.8) is 0 Å². The molecule has 0 unspecified atom stereocenters. The molecule has 0 saturated carbocycles. The van der Waals surface area contributed by atoms with Crippen LogP contribution in [0.2, 0.25) is 5.02 Å². The molecule has 0 aliphatic rings. The Kier molecular flexibility index (Phi) is 4.65. The molecule has 14 heavy (non-hydrogen) atoms. The number of aromatic carboxylic acids is 1. The number of halogens is 1. The Hall–Kier alpha value is -0.320. The van der Waals surface area contributed by atoms with E-state index in [1.165, 1.54) is 17.8 Å². The van der Waals surface area contributed by atoms with Crippen molar-refractivity contribution >= 4 is 41.1 Å². The first-order chi connectivity index (χ1) is 6.65. The van der Waals surface area contributed by atoms with E-state index in [9.17, 15) is 4.79 Å². The van der Waals surface area contributed by atoms with E-state index in [0.717, 1.165) is 9.98 Å². The summed E-state index contributed by atoms with van der Waals surface area (Å²) in [5, 5.41) is 10.2. The lowest BCUT2D eigenvalue weighted by Crippen LogP contribution is -1.98. The topological polar surface area (TPSA) is 37.3 Å². The van der Waals surface area contributed by atoms with Gasteiger partial charge in [0.1, 0.15) is 0 Å². The molecule has 0 heterocycles. The molecule has 0 aliphatic heterocycles. The first kappa shape index (κ1) is 11.8. The zero-order valence-electron chi connectivity index (χ0n) is 7.49.